The largest absolute Gasteiger partial charge is 0.483 e. The molecule has 3 aromatic rings. The highest BCUT2D eigenvalue weighted by molar-refractivity contribution is 7.99. The number of ether oxygens (including phenoxy) is 1. The van der Waals surface area contributed by atoms with Crippen LogP contribution in [0.5, 0.6) is 5.75 Å². The van der Waals surface area contributed by atoms with Crippen LogP contribution in [0.25, 0.3) is 0 Å². The van der Waals surface area contributed by atoms with Crippen molar-refractivity contribution in [1.29, 1.82) is 0 Å². The van der Waals surface area contributed by atoms with Crippen molar-refractivity contribution >= 4 is 29.1 Å². The average molecular weight is 481 g/mol. The SMILES string of the molecule is CC(=O)c1ccc(NC(=O)CSc2nnc(C(C)Oc3ccc(C(C)C)cc3)n2C(C)C)cc1. The molecule has 0 radical (unpaired) electrons. The van der Waals surface area contributed by atoms with Gasteiger partial charge in [-0.15, -0.1) is 10.2 Å². The quantitative estimate of drug-likeness (QED) is 0.281. The van der Waals surface area contributed by atoms with E-state index in [0.29, 0.717) is 28.1 Å². The van der Waals surface area contributed by atoms with Gasteiger partial charge in [-0.25, -0.2) is 0 Å². The highest BCUT2D eigenvalue weighted by Crippen LogP contribution is 2.28. The van der Waals surface area contributed by atoms with Gasteiger partial charge in [0.15, 0.2) is 22.9 Å². The summed E-state index contributed by atoms with van der Waals surface area (Å²) in [7, 11) is 0. The Hall–Kier alpha value is -3.13. The summed E-state index contributed by atoms with van der Waals surface area (Å²) in [6.07, 6.45) is -0.303. The van der Waals surface area contributed by atoms with Crippen molar-refractivity contribution in [3.05, 3.63) is 65.5 Å². The van der Waals surface area contributed by atoms with Crippen LogP contribution in [-0.2, 0) is 4.79 Å². The van der Waals surface area contributed by atoms with Gasteiger partial charge in [-0.05, 0) is 75.6 Å². The molecular weight excluding hydrogens is 448 g/mol. The van der Waals surface area contributed by atoms with Crippen LogP contribution in [0.1, 0.15) is 81.4 Å². The Morgan fingerprint density at radius 1 is 0.971 bits per heavy atom. The fraction of sp³-hybridized carbons (Fsp3) is 0.385. The molecule has 0 aliphatic heterocycles. The number of hydrogen-bond acceptors (Lipinski definition) is 6. The first-order valence-corrected chi connectivity index (χ1v) is 12.4. The molecule has 0 saturated carbocycles. The Bertz CT molecular complexity index is 1120. The van der Waals surface area contributed by atoms with Crippen molar-refractivity contribution in [3.8, 4) is 5.75 Å². The summed E-state index contributed by atoms with van der Waals surface area (Å²) in [5, 5.41) is 12.2. The van der Waals surface area contributed by atoms with Crippen LogP contribution in [-0.4, -0.2) is 32.2 Å². The zero-order valence-corrected chi connectivity index (χ0v) is 21.3. The molecular formula is C26H32N4O3S. The number of rotatable bonds is 10. The topological polar surface area (TPSA) is 86.1 Å². The van der Waals surface area contributed by atoms with Gasteiger partial charge >= 0.3 is 0 Å². The van der Waals surface area contributed by atoms with Crippen molar-refractivity contribution in [2.75, 3.05) is 11.1 Å². The summed E-state index contributed by atoms with van der Waals surface area (Å²) < 4.78 is 8.14. The molecule has 8 heteroatoms. The summed E-state index contributed by atoms with van der Waals surface area (Å²) in [6.45, 7) is 11.9. The van der Waals surface area contributed by atoms with Crippen LogP contribution in [0.15, 0.2) is 53.7 Å². The number of benzene rings is 2. The molecule has 1 heterocycles. The normalized spacial score (nSPS) is 12.1. The average Bonchev–Trinajstić information content (AvgIpc) is 3.23. The van der Waals surface area contributed by atoms with E-state index in [1.165, 1.54) is 24.2 Å². The lowest BCUT2D eigenvalue weighted by Gasteiger charge is -2.19. The van der Waals surface area contributed by atoms with E-state index >= 15 is 0 Å². The second kappa shape index (κ2) is 11.3. The monoisotopic (exact) mass is 480 g/mol. The predicted molar refractivity (Wildman–Crippen MR) is 136 cm³/mol. The molecule has 0 bridgehead atoms. The number of hydrogen-bond donors (Lipinski definition) is 1. The first kappa shape index (κ1) is 25.5. The van der Waals surface area contributed by atoms with Gasteiger partial charge in [0.05, 0.1) is 5.75 Å². The lowest BCUT2D eigenvalue weighted by molar-refractivity contribution is -0.113. The van der Waals surface area contributed by atoms with E-state index < -0.39 is 0 Å². The van der Waals surface area contributed by atoms with Gasteiger partial charge in [0.25, 0.3) is 0 Å². The minimum absolute atomic E-state index is 0.0111. The minimum Gasteiger partial charge on any atom is -0.483 e. The number of anilines is 1. The first-order valence-electron chi connectivity index (χ1n) is 11.4. The van der Waals surface area contributed by atoms with Gasteiger partial charge in [0.1, 0.15) is 5.75 Å². The van der Waals surface area contributed by atoms with Crippen LogP contribution in [0.4, 0.5) is 5.69 Å². The van der Waals surface area contributed by atoms with E-state index in [1.54, 1.807) is 24.3 Å². The van der Waals surface area contributed by atoms with Crippen molar-refractivity contribution in [2.45, 2.75) is 64.8 Å². The van der Waals surface area contributed by atoms with Crippen molar-refractivity contribution in [1.82, 2.24) is 14.8 Å². The molecule has 1 unspecified atom stereocenters. The molecule has 34 heavy (non-hydrogen) atoms. The molecule has 1 N–H and O–H groups in total. The third kappa shape index (κ3) is 6.47. The highest BCUT2D eigenvalue weighted by Gasteiger charge is 2.22. The molecule has 1 aromatic heterocycles. The Morgan fingerprint density at radius 3 is 2.18 bits per heavy atom. The number of aromatic nitrogens is 3. The maximum atomic E-state index is 12.5. The van der Waals surface area contributed by atoms with Crippen LogP contribution in [0.2, 0.25) is 0 Å². The molecule has 0 fully saturated rings. The van der Waals surface area contributed by atoms with E-state index in [0.717, 1.165) is 5.75 Å². The third-order valence-electron chi connectivity index (χ3n) is 5.34. The lowest BCUT2D eigenvalue weighted by Crippen LogP contribution is -2.16. The summed E-state index contributed by atoms with van der Waals surface area (Å²) in [6, 6.07) is 15.1. The molecule has 3 rings (SSSR count). The Kier molecular flexibility index (Phi) is 8.50. The van der Waals surface area contributed by atoms with Gasteiger partial charge in [-0.2, -0.15) is 0 Å². The smallest absolute Gasteiger partial charge is 0.234 e. The predicted octanol–water partition coefficient (Wildman–Crippen LogP) is 6.06. The van der Waals surface area contributed by atoms with Crippen LogP contribution < -0.4 is 10.1 Å². The zero-order chi connectivity index (χ0) is 24.8. The second-order valence-electron chi connectivity index (χ2n) is 8.76. The Balaban J connectivity index is 1.64. The Morgan fingerprint density at radius 2 is 1.62 bits per heavy atom. The molecule has 2 aromatic carbocycles. The number of nitrogens with zero attached hydrogens (tertiary/aromatic N) is 3. The number of nitrogens with one attached hydrogen (secondary N) is 1. The molecule has 0 saturated heterocycles. The second-order valence-corrected chi connectivity index (χ2v) is 9.70. The third-order valence-corrected chi connectivity index (χ3v) is 6.28. The zero-order valence-electron chi connectivity index (χ0n) is 20.5. The first-order chi connectivity index (χ1) is 16.2. The van der Waals surface area contributed by atoms with E-state index in [9.17, 15) is 9.59 Å². The van der Waals surface area contributed by atoms with E-state index in [4.69, 9.17) is 4.74 Å². The van der Waals surface area contributed by atoms with E-state index in [-0.39, 0.29) is 29.6 Å². The van der Waals surface area contributed by atoms with E-state index in [2.05, 4.69) is 55.3 Å². The number of thioether (sulfide) groups is 1. The number of amides is 1. The minimum atomic E-state index is -0.303. The molecule has 0 spiro atoms. The van der Waals surface area contributed by atoms with E-state index in [1.807, 2.05) is 23.6 Å². The maximum absolute atomic E-state index is 12.5. The standard InChI is InChI=1S/C26H32N4O3S/c1-16(2)20-9-13-23(14-10-20)33-19(6)25-28-29-26(30(25)17(3)4)34-15-24(32)27-22-11-7-21(8-12-22)18(5)31/h7-14,16-17,19H,15H2,1-6H3,(H,27,32). The number of carbonyl (C=O) groups excluding carboxylic acids is 2. The number of Topliss-reactive ketones (excluding diaryl/α,β-unsaturated/α-hetero) is 1. The van der Waals surface area contributed by atoms with Gasteiger partial charge in [-0.1, -0.05) is 37.7 Å². The molecule has 1 atom stereocenters. The fourth-order valence-electron chi connectivity index (χ4n) is 3.45. The van der Waals surface area contributed by atoms with Crippen LogP contribution in [0, 0.1) is 0 Å². The molecule has 0 aliphatic rings. The lowest BCUT2D eigenvalue weighted by atomic mass is 10.0. The molecule has 0 aliphatic carbocycles. The van der Waals surface area contributed by atoms with Crippen molar-refractivity contribution < 1.29 is 14.3 Å². The summed E-state index contributed by atoms with van der Waals surface area (Å²) in [5.74, 6) is 1.97. The van der Waals surface area contributed by atoms with Crippen molar-refractivity contribution in [2.24, 2.45) is 0 Å². The fourth-order valence-corrected chi connectivity index (χ4v) is 4.33. The van der Waals surface area contributed by atoms with Gasteiger partial charge in [0.2, 0.25) is 5.91 Å². The van der Waals surface area contributed by atoms with Gasteiger partial charge in [0, 0.05) is 17.3 Å². The highest BCUT2D eigenvalue weighted by atomic mass is 32.2. The summed E-state index contributed by atoms with van der Waals surface area (Å²) >= 11 is 1.33. The van der Waals surface area contributed by atoms with Crippen LogP contribution >= 0.6 is 11.8 Å². The van der Waals surface area contributed by atoms with Gasteiger partial charge in [-0.3, -0.25) is 9.59 Å². The van der Waals surface area contributed by atoms with Gasteiger partial charge < -0.3 is 14.6 Å². The molecule has 1 amide bonds. The van der Waals surface area contributed by atoms with Crippen LogP contribution in [0.3, 0.4) is 0 Å². The molecule has 180 valence electrons. The number of carbonyl (C=O) groups is 2. The maximum Gasteiger partial charge on any atom is 0.234 e. The number of ketones is 1. The molecule has 7 nitrogen and oxygen atoms in total. The summed E-state index contributed by atoms with van der Waals surface area (Å²) in [5.41, 5.74) is 2.52. The summed E-state index contributed by atoms with van der Waals surface area (Å²) in [4.78, 5) is 23.9. The van der Waals surface area contributed by atoms with Crippen molar-refractivity contribution in [3.63, 3.8) is 0 Å². The Labute approximate surface area is 205 Å².